The molecule has 4 heteroatoms. The van der Waals surface area contributed by atoms with Gasteiger partial charge in [-0.3, -0.25) is 0 Å². The maximum absolute atomic E-state index is 5.71. The van der Waals surface area contributed by atoms with E-state index in [1.165, 1.54) is 10.8 Å². The standard InChI is InChI=1S/C14H11ClN2S/c15-8-7-13-16-17-14(18-13)12-6-5-10-3-1-2-4-11(10)9-12/h1-6,9H,7-8H2. The van der Waals surface area contributed by atoms with Crippen molar-refractivity contribution in [2.45, 2.75) is 6.42 Å². The Hall–Kier alpha value is -1.45. The number of rotatable bonds is 3. The first-order valence-corrected chi connectivity index (χ1v) is 7.09. The zero-order valence-corrected chi connectivity index (χ0v) is 11.2. The molecule has 0 atom stereocenters. The van der Waals surface area contributed by atoms with E-state index in [0.29, 0.717) is 5.88 Å². The van der Waals surface area contributed by atoms with Crippen molar-refractivity contribution >= 4 is 33.7 Å². The molecule has 0 unspecified atom stereocenters. The Morgan fingerprint density at radius 3 is 2.67 bits per heavy atom. The van der Waals surface area contributed by atoms with Gasteiger partial charge in [0.05, 0.1) is 0 Å². The van der Waals surface area contributed by atoms with Gasteiger partial charge in [0.1, 0.15) is 10.0 Å². The number of alkyl halides is 1. The van der Waals surface area contributed by atoms with Crippen LogP contribution < -0.4 is 0 Å². The smallest absolute Gasteiger partial charge is 0.143 e. The average molecular weight is 275 g/mol. The molecule has 0 saturated carbocycles. The molecule has 0 aliphatic rings. The van der Waals surface area contributed by atoms with Crippen LogP contribution in [0.1, 0.15) is 5.01 Å². The predicted octanol–water partition coefficient (Wildman–Crippen LogP) is 4.14. The Morgan fingerprint density at radius 2 is 1.83 bits per heavy atom. The van der Waals surface area contributed by atoms with Gasteiger partial charge in [0, 0.05) is 17.9 Å². The molecular formula is C14H11ClN2S. The minimum atomic E-state index is 0.590. The summed E-state index contributed by atoms with van der Waals surface area (Å²) in [6.07, 6.45) is 0.785. The third-order valence-corrected chi connectivity index (χ3v) is 3.99. The van der Waals surface area contributed by atoms with E-state index in [4.69, 9.17) is 11.6 Å². The summed E-state index contributed by atoms with van der Waals surface area (Å²) in [6.45, 7) is 0. The molecule has 90 valence electrons. The van der Waals surface area contributed by atoms with Gasteiger partial charge in [-0.15, -0.1) is 21.8 Å². The van der Waals surface area contributed by atoms with Crippen LogP contribution in [0.5, 0.6) is 0 Å². The molecule has 1 aromatic heterocycles. The molecule has 1 heterocycles. The second-order valence-corrected chi connectivity index (χ2v) is 5.44. The molecular weight excluding hydrogens is 264 g/mol. The third-order valence-electron chi connectivity index (χ3n) is 2.77. The van der Waals surface area contributed by atoms with Gasteiger partial charge in [-0.05, 0) is 16.8 Å². The van der Waals surface area contributed by atoms with Crippen molar-refractivity contribution in [1.82, 2.24) is 10.2 Å². The van der Waals surface area contributed by atoms with Gasteiger partial charge in [0.15, 0.2) is 0 Å². The van der Waals surface area contributed by atoms with Crippen LogP contribution in [0.3, 0.4) is 0 Å². The lowest BCUT2D eigenvalue weighted by Gasteiger charge is -1.99. The Labute approximate surface area is 114 Å². The Morgan fingerprint density at radius 1 is 1.00 bits per heavy atom. The van der Waals surface area contributed by atoms with E-state index in [-0.39, 0.29) is 0 Å². The van der Waals surface area contributed by atoms with Crippen LogP contribution in [0, 0.1) is 0 Å². The highest BCUT2D eigenvalue weighted by molar-refractivity contribution is 7.14. The summed E-state index contributed by atoms with van der Waals surface area (Å²) in [7, 11) is 0. The van der Waals surface area contributed by atoms with E-state index >= 15 is 0 Å². The number of fused-ring (bicyclic) bond motifs is 1. The molecule has 0 amide bonds. The van der Waals surface area contributed by atoms with Crippen LogP contribution in [0.2, 0.25) is 0 Å². The highest BCUT2D eigenvalue weighted by atomic mass is 35.5. The molecule has 0 fully saturated rings. The third kappa shape index (κ3) is 2.24. The molecule has 0 aliphatic carbocycles. The van der Waals surface area contributed by atoms with Gasteiger partial charge in [-0.25, -0.2) is 0 Å². The second-order valence-electron chi connectivity index (χ2n) is 4.00. The molecule has 0 radical (unpaired) electrons. The Balaban J connectivity index is 2.02. The number of aromatic nitrogens is 2. The van der Waals surface area contributed by atoms with Gasteiger partial charge in [-0.1, -0.05) is 47.7 Å². The van der Waals surface area contributed by atoms with Crippen LogP contribution in [0.25, 0.3) is 21.3 Å². The van der Waals surface area contributed by atoms with Crippen LogP contribution in [-0.4, -0.2) is 16.1 Å². The summed E-state index contributed by atoms with van der Waals surface area (Å²) in [5.41, 5.74) is 1.12. The first kappa shape index (κ1) is 11.6. The van der Waals surface area contributed by atoms with Gasteiger partial charge in [0.2, 0.25) is 0 Å². The molecule has 0 aliphatic heterocycles. The van der Waals surface area contributed by atoms with E-state index in [0.717, 1.165) is 22.0 Å². The van der Waals surface area contributed by atoms with Crippen molar-refractivity contribution in [1.29, 1.82) is 0 Å². The molecule has 0 saturated heterocycles. The number of nitrogens with zero attached hydrogens (tertiary/aromatic N) is 2. The maximum atomic E-state index is 5.71. The minimum Gasteiger partial charge on any atom is -0.143 e. The summed E-state index contributed by atoms with van der Waals surface area (Å²) in [5, 5.41) is 12.8. The highest BCUT2D eigenvalue weighted by Gasteiger charge is 2.06. The molecule has 0 bridgehead atoms. The first-order chi connectivity index (χ1) is 8.86. The quantitative estimate of drug-likeness (QED) is 0.671. The number of benzene rings is 2. The summed E-state index contributed by atoms with van der Waals surface area (Å²) >= 11 is 7.32. The zero-order valence-electron chi connectivity index (χ0n) is 9.64. The van der Waals surface area contributed by atoms with Gasteiger partial charge in [0.25, 0.3) is 0 Å². The largest absolute Gasteiger partial charge is 0.147 e. The lowest BCUT2D eigenvalue weighted by Crippen LogP contribution is -1.83. The summed E-state index contributed by atoms with van der Waals surface area (Å²) in [4.78, 5) is 0. The van der Waals surface area contributed by atoms with E-state index in [9.17, 15) is 0 Å². The number of hydrogen-bond donors (Lipinski definition) is 0. The minimum absolute atomic E-state index is 0.590. The lowest BCUT2D eigenvalue weighted by atomic mass is 10.1. The maximum Gasteiger partial charge on any atom is 0.147 e. The average Bonchev–Trinajstić information content (AvgIpc) is 2.87. The molecule has 3 rings (SSSR count). The van der Waals surface area contributed by atoms with Crippen molar-refractivity contribution in [3.05, 3.63) is 47.5 Å². The summed E-state index contributed by atoms with van der Waals surface area (Å²) < 4.78 is 0. The number of halogens is 1. The summed E-state index contributed by atoms with van der Waals surface area (Å²) in [5.74, 6) is 0.590. The van der Waals surface area contributed by atoms with Crippen molar-refractivity contribution in [3.8, 4) is 10.6 Å². The highest BCUT2D eigenvalue weighted by Crippen LogP contribution is 2.27. The van der Waals surface area contributed by atoms with E-state index < -0.39 is 0 Å². The van der Waals surface area contributed by atoms with Crippen LogP contribution in [0.15, 0.2) is 42.5 Å². The topological polar surface area (TPSA) is 25.8 Å². The first-order valence-electron chi connectivity index (χ1n) is 5.74. The number of hydrogen-bond acceptors (Lipinski definition) is 3. The van der Waals surface area contributed by atoms with Crippen molar-refractivity contribution < 1.29 is 0 Å². The molecule has 0 N–H and O–H groups in total. The van der Waals surface area contributed by atoms with Crippen LogP contribution in [0.4, 0.5) is 0 Å². The molecule has 18 heavy (non-hydrogen) atoms. The van der Waals surface area contributed by atoms with Crippen molar-refractivity contribution in [3.63, 3.8) is 0 Å². The van der Waals surface area contributed by atoms with Gasteiger partial charge in [-0.2, -0.15) is 0 Å². The molecule has 2 aromatic carbocycles. The fraction of sp³-hybridized carbons (Fsp3) is 0.143. The lowest BCUT2D eigenvalue weighted by molar-refractivity contribution is 0.990. The van der Waals surface area contributed by atoms with E-state index in [1.54, 1.807) is 11.3 Å². The molecule has 0 spiro atoms. The second kappa shape index (κ2) is 5.04. The van der Waals surface area contributed by atoms with Crippen LogP contribution >= 0.6 is 22.9 Å². The van der Waals surface area contributed by atoms with Gasteiger partial charge < -0.3 is 0 Å². The zero-order chi connectivity index (χ0) is 12.4. The monoisotopic (exact) mass is 274 g/mol. The van der Waals surface area contributed by atoms with E-state index in [2.05, 4.69) is 40.5 Å². The molecule has 3 aromatic rings. The van der Waals surface area contributed by atoms with Crippen LogP contribution in [-0.2, 0) is 6.42 Å². The molecule has 2 nitrogen and oxygen atoms in total. The van der Waals surface area contributed by atoms with Gasteiger partial charge >= 0.3 is 0 Å². The fourth-order valence-corrected chi connectivity index (χ4v) is 3.00. The number of aryl methyl sites for hydroxylation is 1. The van der Waals surface area contributed by atoms with E-state index in [1.807, 2.05) is 12.1 Å². The Bertz CT molecular complexity index is 678. The Kier molecular flexibility index (Phi) is 3.26. The predicted molar refractivity (Wildman–Crippen MR) is 77.3 cm³/mol. The van der Waals surface area contributed by atoms with Crippen molar-refractivity contribution in [2.75, 3.05) is 5.88 Å². The normalized spacial score (nSPS) is 10.9. The fourth-order valence-electron chi connectivity index (χ4n) is 1.87. The summed E-state index contributed by atoms with van der Waals surface area (Å²) in [6, 6.07) is 14.7. The van der Waals surface area contributed by atoms with Crippen molar-refractivity contribution in [2.24, 2.45) is 0 Å². The SMILES string of the molecule is ClCCc1nnc(-c2ccc3ccccc3c2)s1.